The number of ketones is 1. The normalized spacial score (nSPS) is 14.9. The highest BCUT2D eigenvalue weighted by atomic mass is 32.2. The van der Waals surface area contributed by atoms with Gasteiger partial charge in [0.1, 0.15) is 22.7 Å². The molecule has 0 N–H and O–H groups in total. The molecule has 0 aliphatic carbocycles. The maximum absolute atomic E-state index is 11.3. The van der Waals surface area contributed by atoms with Crippen LogP contribution in [0.15, 0.2) is 29.3 Å². The SMILES string of the molecule is [C-]#[N+]c1c(N2CCC(N(C)C)CC2)nc(SC(CC)c2ccc(CCC(C)=O)cc2)c(C#N)c1CC. The van der Waals surface area contributed by atoms with E-state index in [0.29, 0.717) is 30.1 Å². The fraction of sp³-hybridized carbons (Fsp3) is 0.517. The average Bonchev–Trinajstić information content (AvgIpc) is 2.89. The van der Waals surface area contributed by atoms with Crippen LogP contribution in [0.25, 0.3) is 4.85 Å². The fourth-order valence-corrected chi connectivity index (χ4v) is 5.96. The number of carbonyl (C=O) groups is 1. The number of aryl methyl sites for hydroxylation is 1. The lowest BCUT2D eigenvalue weighted by Gasteiger charge is -2.36. The van der Waals surface area contributed by atoms with Gasteiger partial charge in [-0.2, -0.15) is 5.26 Å². The predicted molar refractivity (Wildman–Crippen MR) is 148 cm³/mol. The fourth-order valence-electron chi connectivity index (χ4n) is 4.81. The van der Waals surface area contributed by atoms with Gasteiger partial charge in [0, 0.05) is 30.8 Å². The molecular formula is C29H37N5OS. The number of Topliss-reactive ketones (excluding diaryl/α,β-unsaturated/α-hetero) is 1. The zero-order valence-corrected chi connectivity index (χ0v) is 23.0. The molecule has 0 saturated carbocycles. The van der Waals surface area contributed by atoms with Gasteiger partial charge >= 0.3 is 0 Å². The molecule has 3 rings (SSSR count). The zero-order chi connectivity index (χ0) is 26.2. The number of carbonyl (C=O) groups excluding carboxylic acids is 1. The molecule has 1 saturated heterocycles. The molecule has 6 nitrogen and oxygen atoms in total. The standard InChI is InChI=1S/C29H37N5OS/c1-7-24-25(19-30)29(32-28(27(24)31-4)34-17-15-23(16-18-34)33(5)6)36-26(8-2)22-13-11-21(12-14-22)10-9-20(3)35/h11-14,23,26H,7-10,15-18H2,1-3,5-6H3. The molecule has 1 unspecified atom stereocenters. The van der Waals surface area contributed by atoms with Gasteiger partial charge < -0.3 is 14.6 Å². The first kappa shape index (κ1) is 27.7. The van der Waals surface area contributed by atoms with Crippen molar-refractivity contribution in [1.82, 2.24) is 9.88 Å². The van der Waals surface area contributed by atoms with Crippen LogP contribution in [-0.2, 0) is 17.6 Å². The molecule has 7 heteroatoms. The van der Waals surface area contributed by atoms with Crippen molar-refractivity contribution in [3.8, 4) is 6.07 Å². The first-order chi connectivity index (χ1) is 17.3. The van der Waals surface area contributed by atoms with E-state index in [1.54, 1.807) is 18.7 Å². The summed E-state index contributed by atoms with van der Waals surface area (Å²) in [6, 6.07) is 11.4. The first-order valence-corrected chi connectivity index (χ1v) is 13.7. The van der Waals surface area contributed by atoms with E-state index >= 15 is 0 Å². The maximum Gasteiger partial charge on any atom is 0.232 e. The number of nitriles is 1. The van der Waals surface area contributed by atoms with E-state index in [0.717, 1.165) is 60.7 Å². The van der Waals surface area contributed by atoms with Crippen molar-refractivity contribution in [3.63, 3.8) is 0 Å². The first-order valence-electron chi connectivity index (χ1n) is 12.8. The Bertz CT molecular complexity index is 1140. The van der Waals surface area contributed by atoms with E-state index in [4.69, 9.17) is 11.6 Å². The lowest BCUT2D eigenvalue weighted by molar-refractivity contribution is -0.116. The van der Waals surface area contributed by atoms with E-state index in [1.807, 2.05) is 6.92 Å². The summed E-state index contributed by atoms with van der Waals surface area (Å²) in [5.41, 5.74) is 4.22. The predicted octanol–water partition coefficient (Wildman–Crippen LogP) is 6.36. The number of hydrogen-bond acceptors (Lipinski definition) is 6. The average molecular weight is 504 g/mol. The minimum absolute atomic E-state index is 0.141. The van der Waals surface area contributed by atoms with Crippen LogP contribution in [0.5, 0.6) is 0 Å². The van der Waals surface area contributed by atoms with Crippen molar-refractivity contribution in [1.29, 1.82) is 5.26 Å². The van der Waals surface area contributed by atoms with Crippen molar-refractivity contribution in [2.75, 3.05) is 32.1 Å². The third-order valence-corrected chi connectivity index (χ3v) is 8.44. The highest BCUT2D eigenvalue weighted by molar-refractivity contribution is 7.99. The van der Waals surface area contributed by atoms with E-state index in [2.05, 4.69) is 66.0 Å². The third kappa shape index (κ3) is 6.46. The van der Waals surface area contributed by atoms with Gasteiger partial charge in [-0.25, -0.2) is 9.83 Å². The van der Waals surface area contributed by atoms with Gasteiger partial charge in [-0.05, 0) is 69.8 Å². The molecule has 0 spiro atoms. The second kappa shape index (κ2) is 12.9. The van der Waals surface area contributed by atoms with Crippen molar-refractivity contribution >= 4 is 29.1 Å². The molecule has 0 bridgehead atoms. The lowest BCUT2D eigenvalue weighted by atomic mass is 10.0. The number of rotatable bonds is 10. The Balaban J connectivity index is 1.94. The number of nitrogens with zero attached hydrogens (tertiary/aromatic N) is 5. The number of aromatic nitrogens is 1. The summed E-state index contributed by atoms with van der Waals surface area (Å²) >= 11 is 1.62. The summed E-state index contributed by atoms with van der Waals surface area (Å²) in [4.78, 5) is 24.7. The molecule has 1 aliphatic heterocycles. The van der Waals surface area contributed by atoms with Crippen molar-refractivity contribution in [3.05, 3.63) is 57.9 Å². The summed E-state index contributed by atoms with van der Waals surface area (Å²) in [6.07, 6.45) is 4.89. The van der Waals surface area contributed by atoms with Crippen LogP contribution in [-0.4, -0.2) is 48.9 Å². The minimum Gasteiger partial charge on any atom is -0.365 e. The smallest absolute Gasteiger partial charge is 0.232 e. The summed E-state index contributed by atoms with van der Waals surface area (Å²) < 4.78 is 0. The summed E-state index contributed by atoms with van der Waals surface area (Å²) in [7, 11) is 4.24. The molecule has 190 valence electrons. The highest BCUT2D eigenvalue weighted by Gasteiger charge is 2.28. The van der Waals surface area contributed by atoms with Crippen molar-refractivity contribution in [2.24, 2.45) is 0 Å². The molecule has 2 heterocycles. The Labute approximate surface area is 220 Å². The topological polar surface area (TPSA) is 64.6 Å². The summed E-state index contributed by atoms with van der Waals surface area (Å²) in [5.74, 6) is 0.933. The number of piperidine rings is 1. The van der Waals surface area contributed by atoms with Crippen LogP contribution < -0.4 is 4.90 Å². The minimum atomic E-state index is 0.141. The van der Waals surface area contributed by atoms with Gasteiger partial charge in [0.2, 0.25) is 5.69 Å². The zero-order valence-electron chi connectivity index (χ0n) is 22.2. The van der Waals surface area contributed by atoms with Gasteiger partial charge in [-0.15, -0.1) is 0 Å². The molecule has 1 atom stereocenters. The number of anilines is 1. The molecular weight excluding hydrogens is 466 g/mol. The second-order valence-electron chi connectivity index (χ2n) is 9.66. The largest absolute Gasteiger partial charge is 0.365 e. The number of pyridine rings is 1. The van der Waals surface area contributed by atoms with E-state index in [-0.39, 0.29) is 11.0 Å². The van der Waals surface area contributed by atoms with Gasteiger partial charge in [-0.3, -0.25) is 0 Å². The second-order valence-corrected chi connectivity index (χ2v) is 10.9. The molecule has 1 aliphatic rings. The van der Waals surface area contributed by atoms with Gasteiger partial charge in [0.25, 0.3) is 0 Å². The van der Waals surface area contributed by atoms with Crippen LogP contribution in [0.1, 0.15) is 74.0 Å². The quantitative estimate of drug-likeness (QED) is 0.278. The van der Waals surface area contributed by atoms with Crippen molar-refractivity contribution < 1.29 is 4.79 Å². The number of thioether (sulfide) groups is 1. The van der Waals surface area contributed by atoms with Gasteiger partial charge in [0.05, 0.1) is 12.1 Å². The Morgan fingerprint density at radius 1 is 1.28 bits per heavy atom. The maximum atomic E-state index is 11.3. The molecule has 2 aromatic rings. The van der Waals surface area contributed by atoms with Crippen LogP contribution in [0.4, 0.5) is 11.5 Å². The Morgan fingerprint density at radius 3 is 2.44 bits per heavy atom. The van der Waals surface area contributed by atoms with Crippen molar-refractivity contribution in [2.45, 2.75) is 75.6 Å². The van der Waals surface area contributed by atoms with E-state index in [9.17, 15) is 10.1 Å². The molecule has 1 aromatic carbocycles. The molecule has 1 aromatic heterocycles. The van der Waals surface area contributed by atoms with Gasteiger partial charge in [-0.1, -0.05) is 49.9 Å². The van der Waals surface area contributed by atoms with Crippen LogP contribution >= 0.6 is 11.8 Å². The van der Waals surface area contributed by atoms with E-state index in [1.165, 1.54) is 5.56 Å². The third-order valence-electron chi connectivity index (χ3n) is 7.03. The Hall–Kier alpha value is -2.87. The lowest BCUT2D eigenvalue weighted by Crippen LogP contribution is -2.42. The van der Waals surface area contributed by atoms with Crippen LogP contribution in [0, 0.1) is 17.9 Å². The summed E-state index contributed by atoms with van der Waals surface area (Å²) in [6.45, 7) is 15.4. The van der Waals surface area contributed by atoms with Crippen LogP contribution in [0.3, 0.4) is 0 Å². The summed E-state index contributed by atoms with van der Waals surface area (Å²) in [5, 5.41) is 11.0. The molecule has 36 heavy (non-hydrogen) atoms. The van der Waals surface area contributed by atoms with E-state index < -0.39 is 0 Å². The Kier molecular flexibility index (Phi) is 9.93. The monoisotopic (exact) mass is 503 g/mol. The van der Waals surface area contributed by atoms with Gasteiger partial charge in [0.15, 0.2) is 0 Å². The highest BCUT2D eigenvalue weighted by Crippen LogP contribution is 2.44. The van der Waals surface area contributed by atoms with Crippen LogP contribution in [0.2, 0.25) is 0 Å². The molecule has 0 radical (unpaired) electrons. The number of benzene rings is 1. The molecule has 1 fully saturated rings. The number of hydrogen-bond donors (Lipinski definition) is 0. The molecule has 0 amide bonds. The Morgan fingerprint density at radius 2 is 1.94 bits per heavy atom.